The summed E-state index contributed by atoms with van der Waals surface area (Å²) >= 11 is 0. The van der Waals surface area contributed by atoms with Crippen LogP contribution in [0.4, 0.5) is 0 Å². The van der Waals surface area contributed by atoms with Crippen LogP contribution in [0.3, 0.4) is 0 Å². The molecule has 1 rings (SSSR count). The molecule has 1 heterocycles. The molecule has 1 aliphatic heterocycles. The van der Waals surface area contributed by atoms with E-state index >= 15 is 0 Å². The number of β-amino-alcohol motifs (C(OH)–C–C–N with tert-alkyl or cyclic N) is 1. The van der Waals surface area contributed by atoms with E-state index in [1.807, 2.05) is 6.92 Å². The molecule has 0 bridgehead atoms. The van der Waals surface area contributed by atoms with Gasteiger partial charge in [-0.1, -0.05) is 6.92 Å². The first-order valence-electron chi connectivity index (χ1n) is 3.88. The Morgan fingerprint density at radius 2 is 2.30 bits per heavy atom. The average Bonchev–Trinajstić information content (AvgIpc) is 1.84. The third-order valence-electron chi connectivity index (χ3n) is 1.93. The number of nitrogens with two attached hydrogens (primary N) is 1. The van der Waals surface area contributed by atoms with Gasteiger partial charge >= 0.3 is 0 Å². The smallest absolute Gasteiger partial charge is 0.0664 e. The van der Waals surface area contributed by atoms with Crippen LogP contribution in [-0.2, 0) is 0 Å². The van der Waals surface area contributed by atoms with Crippen molar-refractivity contribution < 1.29 is 5.11 Å². The molecule has 1 aliphatic rings. The van der Waals surface area contributed by atoms with Gasteiger partial charge in [-0.2, -0.15) is 0 Å². The first kappa shape index (κ1) is 7.98. The maximum absolute atomic E-state index is 9.20. The molecule has 0 amide bonds. The third-order valence-corrected chi connectivity index (χ3v) is 1.93. The standard InChI is InChI=1S/C7H16N2O/c1-2-7(10)5-9-3-6(8)4-9/h6-7,10H,2-5,8H2,1H3. The molecule has 0 spiro atoms. The summed E-state index contributed by atoms with van der Waals surface area (Å²) in [5.41, 5.74) is 5.56. The Kier molecular flexibility index (Phi) is 2.65. The summed E-state index contributed by atoms with van der Waals surface area (Å²) in [5.74, 6) is 0. The van der Waals surface area contributed by atoms with Gasteiger partial charge in [-0.3, -0.25) is 4.90 Å². The van der Waals surface area contributed by atoms with Gasteiger partial charge in [0, 0.05) is 25.7 Å². The molecule has 60 valence electrons. The summed E-state index contributed by atoms with van der Waals surface area (Å²) in [6.45, 7) is 4.70. The van der Waals surface area contributed by atoms with Gasteiger partial charge in [-0.15, -0.1) is 0 Å². The lowest BCUT2D eigenvalue weighted by Crippen LogP contribution is -2.57. The fourth-order valence-corrected chi connectivity index (χ4v) is 1.19. The topological polar surface area (TPSA) is 49.5 Å². The van der Waals surface area contributed by atoms with Crippen LogP contribution in [0.5, 0.6) is 0 Å². The highest BCUT2D eigenvalue weighted by Crippen LogP contribution is 2.06. The van der Waals surface area contributed by atoms with E-state index in [9.17, 15) is 5.11 Å². The average molecular weight is 144 g/mol. The van der Waals surface area contributed by atoms with E-state index in [0.717, 1.165) is 26.1 Å². The highest BCUT2D eigenvalue weighted by atomic mass is 16.3. The number of rotatable bonds is 3. The van der Waals surface area contributed by atoms with Gasteiger partial charge in [-0.05, 0) is 6.42 Å². The maximum Gasteiger partial charge on any atom is 0.0664 e. The van der Waals surface area contributed by atoms with Gasteiger partial charge in [0.2, 0.25) is 0 Å². The van der Waals surface area contributed by atoms with E-state index < -0.39 is 0 Å². The van der Waals surface area contributed by atoms with Crippen LogP contribution in [0.15, 0.2) is 0 Å². The van der Waals surface area contributed by atoms with Crippen LogP contribution in [0.1, 0.15) is 13.3 Å². The minimum atomic E-state index is -0.160. The molecule has 3 heteroatoms. The summed E-state index contributed by atoms with van der Waals surface area (Å²) in [6, 6.07) is 0.351. The van der Waals surface area contributed by atoms with Crippen LogP contribution in [0.25, 0.3) is 0 Å². The molecule has 0 saturated carbocycles. The number of aliphatic hydroxyl groups excluding tert-OH is 1. The predicted octanol–water partition coefficient (Wildman–Crippen LogP) is -0.600. The molecule has 1 atom stereocenters. The van der Waals surface area contributed by atoms with Crippen molar-refractivity contribution in [1.82, 2.24) is 4.90 Å². The quantitative estimate of drug-likeness (QED) is 0.556. The number of likely N-dealkylation sites (tertiary alicyclic amines) is 1. The zero-order chi connectivity index (χ0) is 7.56. The van der Waals surface area contributed by atoms with Crippen molar-refractivity contribution >= 4 is 0 Å². The minimum absolute atomic E-state index is 0.160. The van der Waals surface area contributed by atoms with Crippen molar-refractivity contribution in [3.05, 3.63) is 0 Å². The molecule has 0 aromatic carbocycles. The second-order valence-corrected chi connectivity index (χ2v) is 3.04. The molecular formula is C7H16N2O. The molecule has 3 N–H and O–H groups in total. The molecule has 10 heavy (non-hydrogen) atoms. The predicted molar refractivity (Wildman–Crippen MR) is 40.7 cm³/mol. The van der Waals surface area contributed by atoms with Crippen molar-refractivity contribution in [3.8, 4) is 0 Å². The zero-order valence-electron chi connectivity index (χ0n) is 6.45. The van der Waals surface area contributed by atoms with Gasteiger partial charge in [-0.25, -0.2) is 0 Å². The Labute approximate surface area is 61.8 Å². The van der Waals surface area contributed by atoms with Gasteiger partial charge in [0.15, 0.2) is 0 Å². The molecule has 0 aromatic rings. The Hall–Kier alpha value is -0.120. The SMILES string of the molecule is CCC(O)CN1CC(N)C1. The number of hydrogen-bond donors (Lipinski definition) is 2. The lowest BCUT2D eigenvalue weighted by Gasteiger charge is -2.37. The molecule has 1 fully saturated rings. The third kappa shape index (κ3) is 1.94. The lowest BCUT2D eigenvalue weighted by molar-refractivity contribution is 0.0647. The van der Waals surface area contributed by atoms with E-state index in [2.05, 4.69) is 4.90 Å². The fourth-order valence-electron chi connectivity index (χ4n) is 1.19. The minimum Gasteiger partial charge on any atom is -0.392 e. The summed E-state index contributed by atoms with van der Waals surface area (Å²) in [4.78, 5) is 2.18. The van der Waals surface area contributed by atoms with Crippen molar-refractivity contribution in [3.63, 3.8) is 0 Å². The van der Waals surface area contributed by atoms with Gasteiger partial charge in [0.05, 0.1) is 6.10 Å². The summed E-state index contributed by atoms with van der Waals surface area (Å²) in [6.07, 6.45) is 0.679. The van der Waals surface area contributed by atoms with Crippen LogP contribution >= 0.6 is 0 Å². The molecule has 0 radical (unpaired) electrons. The lowest BCUT2D eigenvalue weighted by atomic mass is 10.1. The Bertz CT molecular complexity index is 102. The van der Waals surface area contributed by atoms with Crippen LogP contribution < -0.4 is 5.73 Å². The highest BCUT2D eigenvalue weighted by molar-refractivity contribution is 4.83. The monoisotopic (exact) mass is 144 g/mol. The summed E-state index contributed by atoms with van der Waals surface area (Å²) < 4.78 is 0. The maximum atomic E-state index is 9.20. The van der Waals surface area contributed by atoms with Crippen molar-refractivity contribution in [2.24, 2.45) is 5.73 Å². The Balaban J connectivity index is 2.04. The van der Waals surface area contributed by atoms with E-state index in [4.69, 9.17) is 5.73 Å². The zero-order valence-corrected chi connectivity index (χ0v) is 6.45. The Morgan fingerprint density at radius 3 is 2.70 bits per heavy atom. The highest BCUT2D eigenvalue weighted by Gasteiger charge is 2.23. The van der Waals surface area contributed by atoms with Gasteiger partial charge in [0.1, 0.15) is 0 Å². The largest absolute Gasteiger partial charge is 0.392 e. The fraction of sp³-hybridized carbons (Fsp3) is 1.00. The molecule has 0 aliphatic carbocycles. The number of aliphatic hydroxyl groups is 1. The number of nitrogens with zero attached hydrogens (tertiary/aromatic N) is 1. The molecule has 3 nitrogen and oxygen atoms in total. The van der Waals surface area contributed by atoms with Crippen molar-refractivity contribution in [1.29, 1.82) is 0 Å². The molecular weight excluding hydrogens is 128 g/mol. The Morgan fingerprint density at radius 1 is 1.70 bits per heavy atom. The van der Waals surface area contributed by atoms with Crippen molar-refractivity contribution in [2.75, 3.05) is 19.6 Å². The summed E-state index contributed by atoms with van der Waals surface area (Å²) in [7, 11) is 0. The molecule has 0 aromatic heterocycles. The first-order valence-corrected chi connectivity index (χ1v) is 3.88. The first-order chi connectivity index (χ1) is 4.72. The van der Waals surface area contributed by atoms with Crippen LogP contribution in [0.2, 0.25) is 0 Å². The number of hydrogen-bond acceptors (Lipinski definition) is 3. The molecule has 1 saturated heterocycles. The van der Waals surface area contributed by atoms with Crippen molar-refractivity contribution in [2.45, 2.75) is 25.5 Å². The van der Waals surface area contributed by atoms with Crippen LogP contribution in [-0.4, -0.2) is 41.8 Å². The van der Waals surface area contributed by atoms with E-state index in [0.29, 0.717) is 6.04 Å². The van der Waals surface area contributed by atoms with E-state index in [1.165, 1.54) is 0 Å². The van der Waals surface area contributed by atoms with Crippen LogP contribution in [0, 0.1) is 0 Å². The van der Waals surface area contributed by atoms with E-state index in [-0.39, 0.29) is 6.10 Å². The second kappa shape index (κ2) is 3.32. The molecule has 1 unspecified atom stereocenters. The van der Waals surface area contributed by atoms with E-state index in [1.54, 1.807) is 0 Å². The summed E-state index contributed by atoms with van der Waals surface area (Å²) in [5, 5.41) is 9.20. The normalized spacial score (nSPS) is 24.3. The van der Waals surface area contributed by atoms with Gasteiger partial charge < -0.3 is 10.8 Å². The second-order valence-electron chi connectivity index (χ2n) is 3.04. The van der Waals surface area contributed by atoms with Gasteiger partial charge in [0.25, 0.3) is 0 Å².